The molecule has 6 N–H and O–H groups in total. The van der Waals surface area contributed by atoms with Crippen LogP contribution in [0.5, 0.6) is 0 Å². The summed E-state index contributed by atoms with van der Waals surface area (Å²) in [5.41, 5.74) is 0. The van der Waals surface area contributed by atoms with Crippen molar-refractivity contribution >= 4 is 48.6 Å². The SMILES string of the molecule is O=C[C@H](CCC(=O)O)NC(=O)[C@H](CO)NC(=O)[C@H](CCC(=O)O)NC(=O)CS. The highest BCUT2D eigenvalue weighted by Crippen LogP contribution is 2.01. The number of amides is 3. The molecule has 0 aromatic heterocycles. The summed E-state index contributed by atoms with van der Waals surface area (Å²) < 4.78 is 0. The molecule has 28 heavy (non-hydrogen) atoms. The normalized spacial score (nSPS) is 13.5. The van der Waals surface area contributed by atoms with Crippen molar-refractivity contribution in [3.05, 3.63) is 0 Å². The summed E-state index contributed by atoms with van der Waals surface area (Å²) >= 11 is 3.73. The first-order chi connectivity index (χ1) is 13.1. The van der Waals surface area contributed by atoms with E-state index in [0.29, 0.717) is 6.29 Å². The van der Waals surface area contributed by atoms with Gasteiger partial charge in [-0.1, -0.05) is 0 Å². The highest BCUT2D eigenvalue weighted by Gasteiger charge is 2.27. The number of hydrogen-bond donors (Lipinski definition) is 7. The second-order valence-electron chi connectivity index (χ2n) is 5.64. The second kappa shape index (κ2) is 13.5. The van der Waals surface area contributed by atoms with Gasteiger partial charge in [-0.25, -0.2) is 0 Å². The molecule has 0 aliphatic rings. The number of carboxylic acids is 2. The average Bonchev–Trinajstić information content (AvgIpc) is 2.65. The van der Waals surface area contributed by atoms with Gasteiger partial charge in [0.1, 0.15) is 18.4 Å². The van der Waals surface area contributed by atoms with Crippen LogP contribution in [0.1, 0.15) is 25.7 Å². The predicted molar refractivity (Wildman–Crippen MR) is 96.5 cm³/mol. The number of hydrogen-bond acceptors (Lipinski definition) is 8. The summed E-state index contributed by atoms with van der Waals surface area (Å²) in [6, 6.07) is -3.92. The Labute approximate surface area is 165 Å². The Kier molecular flexibility index (Phi) is 12.2. The van der Waals surface area contributed by atoms with Crippen molar-refractivity contribution in [1.29, 1.82) is 0 Å². The first kappa shape index (κ1) is 25.3. The third-order valence-electron chi connectivity index (χ3n) is 3.42. The lowest BCUT2D eigenvalue weighted by molar-refractivity contribution is -0.138. The molecule has 0 unspecified atom stereocenters. The number of aliphatic carboxylic acids is 2. The molecular weight excluding hydrogens is 398 g/mol. The van der Waals surface area contributed by atoms with Gasteiger partial charge >= 0.3 is 11.9 Å². The highest BCUT2D eigenvalue weighted by atomic mass is 32.1. The van der Waals surface area contributed by atoms with Gasteiger partial charge in [-0.05, 0) is 12.8 Å². The van der Waals surface area contributed by atoms with E-state index in [1.54, 1.807) is 0 Å². The Morgan fingerprint density at radius 3 is 1.86 bits per heavy atom. The number of carbonyl (C=O) groups is 6. The molecule has 0 aliphatic heterocycles. The van der Waals surface area contributed by atoms with Gasteiger partial charge in [0, 0.05) is 12.8 Å². The average molecular weight is 421 g/mol. The molecule has 0 aliphatic carbocycles. The van der Waals surface area contributed by atoms with Gasteiger partial charge in [0.15, 0.2) is 0 Å². The fourth-order valence-corrected chi connectivity index (χ4v) is 2.07. The molecule has 158 valence electrons. The standard InChI is InChI=1S/C15H23N3O9S/c19-5-8(1-3-12(22)23)16-15(27)10(6-20)18-14(26)9(2-4-13(24)25)17-11(21)7-28/h5,8-10,20,28H,1-4,6-7H2,(H,16,27)(H,17,21)(H,18,26)(H,22,23)(H,24,25)/t8-,9-,10-/m0/s1. The number of thiol groups is 1. The summed E-state index contributed by atoms with van der Waals surface area (Å²) in [4.78, 5) is 68.0. The van der Waals surface area contributed by atoms with E-state index >= 15 is 0 Å². The lowest BCUT2D eigenvalue weighted by Gasteiger charge is -2.22. The van der Waals surface area contributed by atoms with Gasteiger partial charge in [-0.15, -0.1) is 0 Å². The molecule has 12 nitrogen and oxygen atoms in total. The maximum Gasteiger partial charge on any atom is 0.303 e. The van der Waals surface area contributed by atoms with Crippen molar-refractivity contribution in [2.45, 2.75) is 43.8 Å². The molecule has 0 saturated carbocycles. The van der Waals surface area contributed by atoms with Gasteiger partial charge in [0.25, 0.3) is 0 Å². The first-order valence-electron chi connectivity index (χ1n) is 8.15. The van der Waals surface area contributed by atoms with Crippen LogP contribution in [0.25, 0.3) is 0 Å². The fourth-order valence-electron chi connectivity index (χ4n) is 1.98. The van der Waals surface area contributed by atoms with Crippen molar-refractivity contribution in [1.82, 2.24) is 16.0 Å². The van der Waals surface area contributed by atoms with Gasteiger partial charge in [0.2, 0.25) is 17.7 Å². The van der Waals surface area contributed by atoms with Crippen LogP contribution in [0.2, 0.25) is 0 Å². The number of aliphatic hydroxyl groups is 1. The summed E-state index contributed by atoms with van der Waals surface area (Å²) in [7, 11) is 0. The third kappa shape index (κ3) is 10.5. The zero-order valence-electron chi connectivity index (χ0n) is 14.8. The molecule has 3 amide bonds. The molecule has 0 aromatic rings. The topological polar surface area (TPSA) is 199 Å². The minimum absolute atomic E-state index is 0.185. The van der Waals surface area contributed by atoms with Crippen LogP contribution in [0, 0.1) is 0 Å². The Morgan fingerprint density at radius 2 is 1.39 bits per heavy atom. The quantitative estimate of drug-likeness (QED) is 0.115. The molecule has 0 radical (unpaired) electrons. The number of rotatable bonds is 14. The molecule has 3 atom stereocenters. The third-order valence-corrected chi connectivity index (χ3v) is 3.71. The van der Waals surface area contributed by atoms with Gasteiger partial charge < -0.3 is 36.1 Å². The highest BCUT2D eigenvalue weighted by molar-refractivity contribution is 7.81. The van der Waals surface area contributed by atoms with Crippen LogP contribution in [-0.4, -0.2) is 81.8 Å². The van der Waals surface area contributed by atoms with Crippen LogP contribution in [-0.2, 0) is 28.8 Å². The van der Waals surface area contributed by atoms with Gasteiger partial charge in [0.05, 0.1) is 18.4 Å². The molecule has 0 rings (SSSR count). The smallest absolute Gasteiger partial charge is 0.303 e. The number of aldehydes is 1. The van der Waals surface area contributed by atoms with E-state index in [2.05, 4.69) is 28.6 Å². The number of carboxylic acid groups (broad SMARTS) is 2. The Morgan fingerprint density at radius 1 is 0.857 bits per heavy atom. The van der Waals surface area contributed by atoms with E-state index in [1.807, 2.05) is 0 Å². The van der Waals surface area contributed by atoms with Gasteiger partial charge in [-0.3, -0.25) is 24.0 Å². The molecule has 0 aromatic carbocycles. The summed E-state index contributed by atoms with van der Waals surface area (Å²) in [6.45, 7) is -0.853. The predicted octanol–water partition coefficient (Wildman–Crippen LogP) is -2.71. The van der Waals surface area contributed by atoms with Crippen LogP contribution < -0.4 is 16.0 Å². The molecule has 0 heterocycles. The van der Waals surface area contributed by atoms with Crippen LogP contribution in [0.15, 0.2) is 0 Å². The summed E-state index contributed by atoms with van der Waals surface area (Å²) in [5.74, 6) is -5.15. The zero-order valence-corrected chi connectivity index (χ0v) is 15.7. The molecule has 13 heteroatoms. The van der Waals surface area contributed by atoms with Gasteiger partial charge in [-0.2, -0.15) is 12.6 Å². The lowest BCUT2D eigenvalue weighted by Crippen LogP contribution is -2.56. The minimum Gasteiger partial charge on any atom is -0.481 e. The first-order valence-corrected chi connectivity index (χ1v) is 8.78. The maximum atomic E-state index is 12.3. The fraction of sp³-hybridized carbons (Fsp3) is 0.600. The number of aliphatic hydroxyl groups excluding tert-OH is 1. The van der Waals surface area contributed by atoms with Crippen LogP contribution in [0.4, 0.5) is 0 Å². The molecule has 0 saturated heterocycles. The number of nitrogens with one attached hydrogen (secondary N) is 3. The molecular formula is C15H23N3O9S. The minimum atomic E-state index is -1.50. The van der Waals surface area contributed by atoms with E-state index in [9.17, 15) is 33.9 Å². The Bertz CT molecular complexity index is 599. The van der Waals surface area contributed by atoms with E-state index in [1.165, 1.54) is 0 Å². The van der Waals surface area contributed by atoms with Crippen molar-refractivity contribution in [3.63, 3.8) is 0 Å². The summed E-state index contributed by atoms with van der Waals surface area (Å²) in [6.07, 6.45) is -0.957. The lowest BCUT2D eigenvalue weighted by atomic mass is 10.1. The van der Waals surface area contributed by atoms with Crippen molar-refractivity contribution in [2.24, 2.45) is 0 Å². The Hall–Kier alpha value is -2.67. The van der Waals surface area contributed by atoms with E-state index < -0.39 is 60.8 Å². The van der Waals surface area contributed by atoms with Crippen LogP contribution >= 0.6 is 12.6 Å². The zero-order chi connectivity index (χ0) is 21.7. The number of carbonyl (C=O) groups excluding carboxylic acids is 4. The van der Waals surface area contributed by atoms with E-state index in [4.69, 9.17) is 10.2 Å². The van der Waals surface area contributed by atoms with E-state index in [0.717, 1.165) is 0 Å². The summed E-state index contributed by atoms with van der Waals surface area (Å²) in [5, 5.41) is 33.2. The molecule has 0 fully saturated rings. The molecule has 0 bridgehead atoms. The van der Waals surface area contributed by atoms with E-state index in [-0.39, 0.29) is 25.0 Å². The largest absolute Gasteiger partial charge is 0.481 e. The van der Waals surface area contributed by atoms with Crippen molar-refractivity contribution < 1.29 is 44.1 Å². The van der Waals surface area contributed by atoms with Crippen molar-refractivity contribution in [2.75, 3.05) is 12.4 Å². The van der Waals surface area contributed by atoms with Crippen LogP contribution in [0.3, 0.4) is 0 Å². The Balaban J connectivity index is 4.98. The molecule has 0 spiro atoms. The van der Waals surface area contributed by atoms with Crippen molar-refractivity contribution in [3.8, 4) is 0 Å². The monoisotopic (exact) mass is 421 g/mol. The second-order valence-corrected chi connectivity index (χ2v) is 5.95. The maximum absolute atomic E-state index is 12.3.